The van der Waals surface area contributed by atoms with Crippen molar-refractivity contribution in [3.05, 3.63) is 65.4 Å². The number of unbranched alkanes of at least 4 members (excludes halogenated alkanes) is 2. The average molecular weight is 1520 g/mol. The predicted octanol–water partition coefficient (Wildman–Crippen LogP) is 1.73. The molecule has 0 radical (unpaired) electrons. The van der Waals surface area contributed by atoms with Crippen LogP contribution in [-0.4, -0.2) is 210 Å². The van der Waals surface area contributed by atoms with Crippen LogP contribution in [0.3, 0.4) is 0 Å². The maximum absolute atomic E-state index is 15.2. The number of aliphatic carboxylic acids is 1. The number of benzene rings is 2. The van der Waals surface area contributed by atoms with Gasteiger partial charge < -0.3 is 99.7 Å². The van der Waals surface area contributed by atoms with Crippen LogP contribution < -0.4 is 75.1 Å². The zero-order valence-electron chi connectivity index (χ0n) is 61.7. The number of carbonyl (C=O) groups is 12. The first kappa shape index (κ1) is 87.6. The number of oxime groups is 1. The number of aldehydes is 1. The molecule has 5 rings (SSSR count). The van der Waals surface area contributed by atoms with Gasteiger partial charge in [0, 0.05) is 59.6 Å². The van der Waals surface area contributed by atoms with Crippen molar-refractivity contribution in [1.82, 2.24) is 63.1 Å². The first-order chi connectivity index (χ1) is 50.8. The lowest BCUT2D eigenvalue weighted by molar-refractivity contribution is -0.143. The summed E-state index contributed by atoms with van der Waals surface area (Å²) in [4.78, 5) is 177. The summed E-state index contributed by atoms with van der Waals surface area (Å²) in [6.45, 7) is 9.88. The fraction of sp³-hybridized carbons (Fsp3) is 0.611. The summed E-state index contributed by atoms with van der Waals surface area (Å²) in [6.07, 6.45) is 8.48. The van der Waals surface area contributed by atoms with Gasteiger partial charge in [-0.25, -0.2) is 0 Å². The number of carboxylic acid groups (broad SMARTS) is 1. The van der Waals surface area contributed by atoms with Crippen LogP contribution in [0.2, 0.25) is 0 Å². The summed E-state index contributed by atoms with van der Waals surface area (Å²) >= 11 is 2.80. The molecule has 3 heterocycles. The average Bonchev–Trinajstić information content (AvgIpc) is 1.69. The maximum atomic E-state index is 15.2. The highest BCUT2D eigenvalue weighted by Crippen LogP contribution is 2.28. The van der Waals surface area contributed by atoms with Gasteiger partial charge in [-0.2, -0.15) is 23.5 Å². The second-order valence-electron chi connectivity index (χ2n) is 27.0. The van der Waals surface area contributed by atoms with Gasteiger partial charge in [0.1, 0.15) is 73.2 Å². The standard InChI is InChI=1S/C72H111N17O15S2/c1-7-9-22-53(65(96)84-55(35-60(92)93)67(98)88-62(44(5)8-2)70(101)85-54(34-47-36-79-51-23-13-12-21-50(47)51)66(97)87-61(43(3)4)69(100)81-48(38-90)20-14-15-26-73)83-68(99)58-25-19-28-89(58)71(102)57-42-106-40-46-31-45(39-105-41-56(77-6)63(74)94)32-49(33-46)103-29-16-10-11-17-30-104-80-37-59(91)82-52(64(95)86-57)24-18-27-78-72(75)76/h12-13,21,23,31-33,36-38,43-44,48,52-58,61-62,77,79H,7-11,14-20,22,24-30,34-35,39-42,73H2,1-6H3,(H2,74,94)(H,81,100)(H,82,91)(H,83,99)(H,84,96)(H,85,101)(H,86,95)(H,87,97)(H,88,98)(H,92,93)(H4,75,76,78)/b80-37+/t44-,48-,52-,53-,54-,55-,56-,57-,58-,61?,62-/m0/s1. The number of para-hydroxylation sites is 1. The number of ether oxygens (including phenoxy) is 1. The molecule has 11 atom stereocenters. The van der Waals surface area contributed by atoms with E-state index in [2.05, 4.69) is 63.3 Å². The zero-order valence-corrected chi connectivity index (χ0v) is 63.3. The SMILES string of the molecule is CCCC[C@H](NC(=O)[C@@H]1CCCN1C(=O)[C@@H]1CSCc2cc(CSC[C@H](NC)C(N)=O)cc(c2)OCCCCCCO/N=C/C(=O)N[C@@H](CCCNC(=N)N)C(=O)N1)C(=O)N[C@@H](CC(=O)O)C(=O)N[C@H](C(=O)N[C@@H](Cc1c[nH]c2ccccc12)C(=O)NC(C(=O)N[C@H](C=O)CCCCN)C(C)C)[C@@H](C)CC. The maximum Gasteiger partial charge on any atom is 0.305 e. The van der Waals surface area contributed by atoms with Crippen molar-refractivity contribution in [1.29, 1.82) is 5.41 Å². The van der Waals surface area contributed by atoms with Crippen LogP contribution in [0.5, 0.6) is 5.75 Å². The van der Waals surface area contributed by atoms with E-state index in [1.807, 2.05) is 43.3 Å². The zero-order chi connectivity index (χ0) is 77.7. The molecule has 0 saturated carbocycles. The minimum Gasteiger partial charge on any atom is -0.494 e. The normalized spacial score (nSPS) is 18.8. The molecule has 10 amide bonds. The Bertz CT molecular complexity index is 3450. The van der Waals surface area contributed by atoms with Gasteiger partial charge in [0.15, 0.2) is 5.96 Å². The number of H-pyrrole nitrogens is 1. The first-order valence-electron chi connectivity index (χ1n) is 36.6. The lowest BCUT2D eigenvalue weighted by Crippen LogP contribution is -2.61. The van der Waals surface area contributed by atoms with Gasteiger partial charge >= 0.3 is 5.97 Å². The Morgan fingerprint density at radius 3 is 2.21 bits per heavy atom. The van der Waals surface area contributed by atoms with E-state index >= 15 is 4.79 Å². The number of guanidine groups is 1. The van der Waals surface area contributed by atoms with E-state index in [9.17, 15) is 57.8 Å². The van der Waals surface area contributed by atoms with Gasteiger partial charge in [-0.1, -0.05) is 83.3 Å². The minimum atomic E-state index is -1.84. The van der Waals surface area contributed by atoms with Crippen molar-refractivity contribution < 1.29 is 72.2 Å². The summed E-state index contributed by atoms with van der Waals surface area (Å²) in [5, 5.41) is 49.7. The van der Waals surface area contributed by atoms with Crippen LogP contribution in [-0.2, 0) is 80.3 Å². The van der Waals surface area contributed by atoms with Crippen molar-refractivity contribution in [2.24, 2.45) is 34.2 Å². The van der Waals surface area contributed by atoms with Gasteiger partial charge in [-0.05, 0) is 137 Å². The van der Waals surface area contributed by atoms with E-state index in [-0.39, 0.29) is 69.9 Å². The van der Waals surface area contributed by atoms with Gasteiger partial charge in [0.25, 0.3) is 5.91 Å². The molecule has 19 N–H and O–H groups in total. The molecule has 2 aliphatic heterocycles. The number of amides is 10. The highest BCUT2D eigenvalue weighted by Gasteiger charge is 2.41. The Kier molecular flexibility index (Phi) is 38.7. The summed E-state index contributed by atoms with van der Waals surface area (Å²) in [5.41, 5.74) is 19.9. The molecule has 2 aliphatic rings. The molecule has 0 spiro atoms. The van der Waals surface area contributed by atoms with Crippen molar-refractivity contribution in [2.75, 3.05) is 51.4 Å². The Morgan fingerprint density at radius 1 is 0.811 bits per heavy atom. The van der Waals surface area contributed by atoms with E-state index in [1.54, 1.807) is 47.0 Å². The number of likely N-dealkylation sites (N-methyl/N-ethyl adjacent to an activating group) is 1. The molecule has 1 fully saturated rings. The quantitative estimate of drug-likeness (QED) is 0.0168. The monoisotopic (exact) mass is 1520 g/mol. The second-order valence-corrected chi connectivity index (χ2v) is 29.1. The van der Waals surface area contributed by atoms with Crippen molar-refractivity contribution in [3.63, 3.8) is 0 Å². The number of hydrogen-bond donors (Lipinski definition) is 16. The Morgan fingerprint density at radius 2 is 1.52 bits per heavy atom. The number of aromatic nitrogens is 1. The molecule has 34 heteroatoms. The number of carboxylic acids is 1. The summed E-state index contributed by atoms with van der Waals surface area (Å²) in [6, 6.07) is 0.650. The van der Waals surface area contributed by atoms with E-state index in [1.165, 1.54) is 28.4 Å². The molecule has 586 valence electrons. The number of fused-ring (bicyclic) bond motifs is 3. The smallest absolute Gasteiger partial charge is 0.305 e. The number of nitrogens with two attached hydrogens (primary N) is 3. The highest BCUT2D eigenvalue weighted by molar-refractivity contribution is 7.98. The van der Waals surface area contributed by atoms with Gasteiger partial charge in [0.05, 0.1) is 25.1 Å². The van der Waals surface area contributed by atoms with Crippen molar-refractivity contribution in [3.8, 4) is 5.75 Å². The van der Waals surface area contributed by atoms with Crippen LogP contribution in [0, 0.1) is 17.2 Å². The van der Waals surface area contributed by atoms with Crippen molar-refractivity contribution in [2.45, 2.75) is 216 Å². The number of nitrogens with zero attached hydrogens (tertiary/aromatic N) is 2. The summed E-state index contributed by atoms with van der Waals surface area (Å²) < 4.78 is 6.26. The van der Waals surface area contributed by atoms with Gasteiger partial charge in [-0.15, -0.1) is 0 Å². The summed E-state index contributed by atoms with van der Waals surface area (Å²) in [7, 11) is 1.66. The first-order valence-corrected chi connectivity index (χ1v) is 38.9. The number of nitrogens with one attached hydrogen (secondary N) is 12. The third-order valence-electron chi connectivity index (χ3n) is 18.3. The Hall–Kier alpha value is -9.02. The number of hydrogen-bond acceptors (Lipinski definition) is 20. The molecule has 32 nitrogen and oxygen atoms in total. The third kappa shape index (κ3) is 29.7. The molecule has 106 heavy (non-hydrogen) atoms. The topological polar surface area (TPSA) is 497 Å². The third-order valence-corrected chi connectivity index (χ3v) is 20.5. The van der Waals surface area contributed by atoms with Crippen LogP contribution in [0.25, 0.3) is 10.9 Å². The summed E-state index contributed by atoms with van der Waals surface area (Å²) in [5.74, 6) is -8.91. The van der Waals surface area contributed by atoms with Gasteiger partial charge in [-0.3, -0.25) is 58.1 Å². The Balaban J connectivity index is 1.41. The van der Waals surface area contributed by atoms with Crippen LogP contribution in [0.1, 0.15) is 154 Å². The number of carbonyl (C=O) groups excluding carboxylic acids is 11. The fourth-order valence-corrected chi connectivity index (χ4v) is 14.1. The largest absolute Gasteiger partial charge is 0.494 e. The molecule has 1 saturated heterocycles. The number of primary amides is 1. The van der Waals surface area contributed by atoms with Crippen LogP contribution in [0.15, 0.2) is 53.8 Å². The number of thioether (sulfide) groups is 2. The minimum absolute atomic E-state index is 0.00258. The molecular weight excluding hydrogens is 1410 g/mol. The number of aromatic amines is 1. The number of likely N-dealkylation sites (tertiary alicyclic amines) is 1. The molecular formula is C72H111N17O15S2. The van der Waals surface area contributed by atoms with E-state index < -0.39 is 144 Å². The molecule has 2 aromatic carbocycles. The van der Waals surface area contributed by atoms with Crippen LogP contribution in [0.4, 0.5) is 0 Å². The lowest BCUT2D eigenvalue weighted by Gasteiger charge is -2.31. The van der Waals surface area contributed by atoms with E-state index in [0.717, 1.165) is 47.5 Å². The lowest BCUT2D eigenvalue weighted by atomic mass is 9.96. The molecule has 3 aromatic rings. The molecule has 0 aliphatic carbocycles. The van der Waals surface area contributed by atoms with E-state index in [0.29, 0.717) is 93.0 Å². The predicted molar refractivity (Wildman–Crippen MR) is 406 cm³/mol. The second kappa shape index (κ2) is 46.8. The van der Waals surface area contributed by atoms with Crippen molar-refractivity contribution >= 4 is 118 Å². The Labute approximate surface area is 628 Å². The fourth-order valence-electron chi connectivity index (χ4n) is 12.1. The van der Waals surface area contributed by atoms with Gasteiger partial charge in [0.2, 0.25) is 53.2 Å². The highest BCUT2D eigenvalue weighted by atomic mass is 32.2. The molecule has 1 aromatic heterocycles. The van der Waals surface area contributed by atoms with E-state index in [4.69, 9.17) is 32.2 Å². The molecule has 2 bridgehead atoms. The molecule has 1 unspecified atom stereocenters. The number of rotatable bonds is 38. The van der Waals surface area contributed by atoms with Crippen LogP contribution >= 0.6 is 23.5 Å².